The Labute approximate surface area is 121 Å². The van der Waals surface area contributed by atoms with Gasteiger partial charge in [0, 0.05) is 19.2 Å². The molecule has 4 heteroatoms. The van der Waals surface area contributed by atoms with Crippen molar-refractivity contribution in [2.24, 2.45) is 0 Å². The predicted molar refractivity (Wildman–Crippen MR) is 79.6 cm³/mol. The molecule has 0 bridgehead atoms. The van der Waals surface area contributed by atoms with Gasteiger partial charge in [0.1, 0.15) is 11.6 Å². The lowest BCUT2D eigenvalue weighted by molar-refractivity contribution is 0.262. The van der Waals surface area contributed by atoms with Crippen LogP contribution in [-0.2, 0) is 6.54 Å². The molecule has 3 nitrogen and oxygen atoms in total. The summed E-state index contributed by atoms with van der Waals surface area (Å²) in [4.78, 5) is 2.46. The fourth-order valence-corrected chi connectivity index (χ4v) is 2.56. The first-order valence-electron chi connectivity index (χ1n) is 7.63. The molecule has 20 heavy (non-hydrogen) atoms. The molecule has 0 atom stereocenters. The van der Waals surface area contributed by atoms with Gasteiger partial charge >= 0.3 is 0 Å². The van der Waals surface area contributed by atoms with Crippen molar-refractivity contribution in [3.8, 4) is 5.75 Å². The Balaban J connectivity index is 1.74. The van der Waals surface area contributed by atoms with Crippen molar-refractivity contribution < 1.29 is 9.13 Å². The van der Waals surface area contributed by atoms with E-state index in [2.05, 4.69) is 10.2 Å². The molecule has 1 fully saturated rings. The Bertz CT molecular complexity index is 405. The normalized spacial score (nSPS) is 15.7. The largest absolute Gasteiger partial charge is 0.493 e. The molecule has 0 amide bonds. The van der Waals surface area contributed by atoms with Crippen LogP contribution in [0.2, 0.25) is 0 Å². The molecule has 1 saturated heterocycles. The van der Waals surface area contributed by atoms with Crippen LogP contribution in [0.5, 0.6) is 5.75 Å². The maximum Gasteiger partial charge on any atom is 0.127 e. The van der Waals surface area contributed by atoms with Gasteiger partial charge in [-0.25, -0.2) is 4.39 Å². The van der Waals surface area contributed by atoms with Crippen LogP contribution in [0.15, 0.2) is 18.2 Å². The third-order valence-corrected chi connectivity index (χ3v) is 3.60. The smallest absolute Gasteiger partial charge is 0.127 e. The SMILES string of the molecule is CCNCc1cc(F)cc(OCCCN2CCCC2)c1. The van der Waals surface area contributed by atoms with Crippen LogP contribution < -0.4 is 10.1 Å². The van der Waals surface area contributed by atoms with Gasteiger partial charge in [-0.05, 0) is 56.6 Å². The Morgan fingerprint density at radius 2 is 2.05 bits per heavy atom. The number of nitrogens with zero attached hydrogens (tertiary/aromatic N) is 1. The highest BCUT2D eigenvalue weighted by Crippen LogP contribution is 2.17. The number of hydrogen-bond donors (Lipinski definition) is 1. The van der Waals surface area contributed by atoms with Gasteiger partial charge in [0.2, 0.25) is 0 Å². The van der Waals surface area contributed by atoms with Crippen molar-refractivity contribution in [1.82, 2.24) is 10.2 Å². The van der Waals surface area contributed by atoms with Crippen molar-refractivity contribution in [2.45, 2.75) is 32.7 Å². The van der Waals surface area contributed by atoms with E-state index in [9.17, 15) is 4.39 Å². The molecular formula is C16H25FN2O. The second kappa shape index (κ2) is 8.22. The molecule has 1 aliphatic heterocycles. The molecule has 2 rings (SSSR count). The minimum absolute atomic E-state index is 0.227. The van der Waals surface area contributed by atoms with Crippen molar-refractivity contribution >= 4 is 0 Å². The monoisotopic (exact) mass is 280 g/mol. The van der Waals surface area contributed by atoms with Crippen LogP contribution in [-0.4, -0.2) is 37.7 Å². The lowest BCUT2D eigenvalue weighted by Gasteiger charge is -2.14. The fraction of sp³-hybridized carbons (Fsp3) is 0.625. The van der Waals surface area contributed by atoms with E-state index in [-0.39, 0.29) is 5.82 Å². The van der Waals surface area contributed by atoms with E-state index in [1.165, 1.54) is 32.0 Å². The molecule has 0 radical (unpaired) electrons. The highest BCUT2D eigenvalue weighted by atomic mass is 19.1. The van der Waals surface area contributed by atoms with Crippen molar-refractivity contribution in [1.29, 1.82) is 0 Å². The van der Waals surface area contributed by atoms with Crippen LogP contribution in [0.4, 0.5) is 4.39 Å². The van der Waals surface area contributed by atoms with Gasteiger partial charge in [-0.3, -0.25) is 0 Å². The van der Waals surface area contributed by atoms with Crippen LogP contribution in [0.25, 0.3) is 0 Å². The lowest BCUT2D eigenvalue weighted by Crippen LogP contribution is -2.21. The molecule has 0 unspecified atom stereocenters. The average Bonchev–Trinajstić information content (AvgIpc) is 2.94. The third kappa shape index (κ3) is 5.10. The van der Waals surface area contributed by atoms with E-state index >= 15 is 0 Å². The number of hydrogen-bond acceptors (Lipinski definition) is 3. The van der Waals surface area contributed by atoms with Gasteiger partial charge in [-0.15, -0.1) is 0 Å². The van der Waals surface area contributed by atoms with Crippen LogP contribution in [0.1, 0.15) is 31.7 Å². The van der Waals surface area contributed by atoms with Gasteiger partial charge in [0.05, 0.1) is 6.61 Å². The quantitative estimate of drug-likeness (QED) is 0.741. The zero-order chi connectivity index (χ0) is 14.2. The summed E-state index contributed by atoms with van der Waals surface area (Å²) < 4.78 is 19.2. The first-order valence-corrected chi connectivity index (χ1v) is 7.63. The van der Waals surface area contributed by atoms with E-state index < -0.39 is 0 Å². The number of halogens is 1. The molecular weight excluding hydrogens is 255 g/mol. The number of likely N-dealkylation sites (tertiary alicyclic amines) is 1. The second-order valence-electron chi connectivity index (χ2n) is 5.33. The molecule has 1 heterocycles. The minimum atomic E-state index is -0.227. The molecule has 0 aliphatic carbocycles. The first-order chi connectivity index (χ1) is 9.78. The summed E-state index contributed by atoms with van der Waals surface area (Å²) in [5, 5.41) is 3.19. The minimum Gasteiger partial charge on any atom is -0.493 e. The highest BCUT2D eigenvalue weighted by molar-refractivity contribution is 5.29. The highest BCUT2D eigenvalue weighted by Gasteiger charge is 2.10. The van der Waals surface area contributed by atoms with Crippen LogP contribution >= 0.6 is 0 Å². The Hall–Kier alpha value is -1.13. The van der Waals surface area contributed by atoms with E-state index in [0.717, 1.165) is 25.1 Å². The number of rotatable bonds is 8. The first kappa shape index (κ1) is 15.3. The Kier molecular flexibility index (Phi) is 6.27. The summed E-state index contributed by atoms with van der Waals surface area (Å²) in [6, 6.07) is 4.94. The summed E-state index contributed by atoms with van der Waals surface area (Å²) in [7, 11) is 0. The standard InChI is InChI=1S/C16H25FN2O/c1-2-18-13-14-10-15(17)12-16(11-14)20-9-5-8-19-6-3-4-7-19/h10-12,18H,2-9,13H2,1H3. The van der Waals surface area contributed by atoms with E-state index in [1.807, 2.05) is 13.0 Å². The number of ether oxygens (including phenoxy) is 1. The molecule has 1 aromatic rings. The summed E-state index contributed by atoms with van der Waals surface area (Å²) in [5.74, 6) is 0.411. The molecule has 1 aliphatic rings. The van der Waals surface area contributed by atoms with E-state index in [1.54, 1.807) is 6.07 Å². The topological polar surface area (TPSA) is 24.5 Å². The van der Waals surface area contributed by atoms with Crippen molar-refractivity contribution in [2.75, 3.05) is 32.8 Å². The zero-order valence-corrected chi connectivity index (χ0v) is 12.3. The third-order valence-electron chi connectivity index (χ3n) is 3.60. The molecule has 112 valence electrons. The summed E-state index contributed by atoms with van der Waals surface area (Å²) >= 11 is 0. The maximum atomic E-state index is 13.5. The maximum absolute atomic E-state index is 13.5. The fourth-order valence-electron chi connectivity index (χ4n) is 2.56. The molecule has 1 aromatic carbocycles. The van der Waals surface area contributed by atoms with E-state index in [0.29, 0.717) is 18.9 Å². The number of nitrogens with one attached hydrogen (secondary N) is 1. The van der Waals surface area contributed by atoms with Gasteiger partial charge in [-0.1, -0.05) is 6.92 Å². The Morgan fingerprint density at radius 3 is 2.80 bits per heavy atom. The second-order valence-corrected chi connectivity index (χ2v) is 5.33. The summed E-state index contributed by atoms with van der Waals surface area (Å²) in [6.07, 6.45) is 3.64. The number of benzene rings is 1. The summed E-state index contributed by atoms with van der Waals surface area (Å²) in [5.41, 5.74) is 0.932. The molecule has 0 spiro atoms. The van der Waals surface area contributed by atoms with Gasteiger partial charge in [-0.2, -0.15) is 0 Å². The molecule has 0 aromatic heterocycles. The predicted octanol–water partition coefficient (Wildman–Crippen LogP) is 2.80. The van der Waals surface area contributed by atoms with Gasteiger partial charge < -0.3 is 15.0 Å². The van der Waals surface area contributed by atoms with Crippen LogP contribution in [0, 0.1) is 5.82 Å². The van der Waals surface area contributed by atoms with Gasteiger partial charge in [0.25, 0.3) is 0 Å². The van der Waals surface area contributed by atoms with Crippen molar-refractivity contribution in [3.63, 3.8) is 0 Å². The molecule has 0 saturated carbocycles. The lowest BCUT2D eigenvalue weighted by atomic mass is 10.2. The Morgan fingerprint density at radius 1 is 1.25 bits per heavy atom. The van der Waals surface area contributed by atoms with Crippen molar-refractivity contribution in [3.05, 3.63) is 29.6 Å². The van der Waals surface area contributed by atoms with Crippen LogP contribution in [0.3, 0.4) is 0 Å². The van der Waals surface area contributed by atoms with Gasteiger partial charge in [0.15, 0.2) is 0 Å². The zero-order valence-electron chi connectivity index (χ0n) is 12.3. The average molecular weight is 280 g/mol. The summed E-state index contributed by atoms with van der Waals surface area (Å²) in [6.45, 7) is 7.76. The molecule has 1 N–H and O–H groups in total. The van der Waals surface area contributed by atoms with E-state index in [4.69, 9.17) is 4.74 Å².